The van der Waals surface area contributed by atoms with Gasteiger partial charge in [-0.15, -0.1) is 0 Å². The molecule has 0 aromatic rings. The molecule has 0 aliphatic heterocycles. The lowest BCUT2D eigenvalue weighted by atomic mass is 10.1. The Morgan fingerprint density at radius 1 is 0.324 bits per heavy atom. The number of hydrogen-bond acceptors (Lipinski definition) is 2. The summed E-state index contributed by atoms with van der Waals surface area (Å²) in [5.74, 6) is 0. The van der Waals surface area contributed by atoms with Crippen LogP contribution in [0, 0.1) is 0 Å². The second kappa shape index (κ2) is 35.1. The van der Waals surface area contributed by atoms with E-state index in [9.17, 15) is 0 Å². The molecule has 0 aliphatic rings. The molecule has 0 saturated carbocycles. The van der Waals surface area contributed by atoms with Gasteiger partial charge >= 0.3 is 0 Å². The van der Waals surface area contributed by atoms with Gasteiger partial charge in [-0.05, 0) is 45.3 Å². The van der Waals surface area contributed by atoms with Gasteiger partial charge in [-0.3, -0.25) is 0 Å². The number of aliphatic hydroxyl groups is 1. The van der Waals surface area contributed by atoms with Crippen molar-refractivity contribution in [2.45, 2.75) is 182 Å². The van der Waals surface area contributed by atoms with Crippen LogP contribution in [-0.2, 0) is 0 Å². The van der Waals surface area contributed by atoms with Gasteiger partial charge in [0.15, 0.2) is 0 Å². The van der Waals surface area contributed by atoms with Crippen molar-refractivity contribution in [3.8, 4) is 0 Å². The van der Waals surface area contributed by atoms with E-state index < -0.39 is 0 Å². The van der Waals surface area contributed by atoms with Crippen LogP contribution in [0.2, 0.25) is 0 Å². The number of rotatable bonds is 27. The fourth-order valence-corrected chi connectivity index (χ4v) is 4.57. The van der Waals surface area contributed by atoms with E-state index >= 15 is 0 Å². The Balaban J connectivity index is 0. The van der Waals surface area contributed by atoms with Crippen LogP contribution in [0.4, 0.5) is 0 Å². The maximum Gasteiger partial charge on any atom is 0.0431 e. The third-order valence-electron chi connectivity index (χ3n) is 7.00. The van der Waals surface area contributed by atoms with Crippen LogP contribution < -0.4 is 0 Å². The van der Waals surface area contributed by atoms with Crippen molar-refractivity contribution in [3.05, 3.63) is 0 Å². The van der Waals surface area contributed by atoms with Gasteiger partial charge in [0.25, 0.3) is 0 Å². The molecule has 0 radical (unpaired) electrons. The molecule has 0 saturated heterocycles. The zero-order chi connectivity index (χ0) is 25.4. The van der Waals surface area contributed by atoms with Crippen LogP contribution in [0.25, 0.3) is 0 Å². The monoisotopic (exact) mass is 484 g/mol. The highest BCUT2D eigenvalue weighted by Gasteiger charge is 2.05. The van der Waals surface area contributed by atoms with Crippen molar-refractivity contribution in [1.82, 2.24) is 4.90 Å². The van der Waals surface area contributed by atoms with Crippen molar-refractivity contribution in [2.75, 3.05) is 26.2 Å². The van der Waals surface area contributed by atoms with Gasteiger partial charge < -0.3 is 10.0 Å². The molecule has 0 heterocycles. The summed E-state index contributed by atoms with van der Waals surface area (Å²) in [7, 11) is 0. The highest BCUT2D eigenvalue weighted by molar-refractivity contribution is 4.60. The molecule has 208 valence electrons. The minimum absolute atomic E-state index is 0.367. The summed E-state index contributed by atoms with van der Waals surface area (Å²) >= 11 is 0. The van der Waals surface area contributed by atoms with Crippen LogP contribution in [0.15, 0.2) is 0 Å². The Bertz CT molecular complexity index is 276. The first kappa shape index (κ1) is 36.1. The first-order chi connectivity index (χ1) is 16.8. The van der Waals surface area contributed by atoms with Crippen LogP contribution in [-0.4, -0.2) is 36.2 Å². The van der Waals surface area contributed by atoms with Crippen molar-refractivity contribution in [2.24, 2.45) is 0 Å². The fourth-order valence-electron chi connectivity index (χ4n) is 4.57. The van der Waals surface area contributed by atoms with Crippen molar-refractivity contribution < 1.29 is 5.11 Å². The van der Waals surface area contributed by atoms with Gasteiger partial charge in [0, 0.05) is 6.61 Å². The highest BCUT2D eigenvalue weighted by atomic mass is 16.2. The maximum absolute atomic E-state index is 8.42. The summed E-state index contributed by atoms with van der Waals surface area (Å²) < 4.78 is 0. The van der Waals surface area contributed by atoms with Crippen molar-refractivity contribution in [1.29, 1.82) is 0 Å². The SMILES string of the molecule is CCCCCCCCN(CCCCCCCC)CCCCCCCC.CCCCCCCCO. The van der Waals surface area contributed by atoms with E-state index in [1.54, 1.807) is 0 Å². The van der Waals surface area contributed by atoms with E-state index in [0.717, 1.165) is 6.42 Å². The molecule has 2 heteroatoms. The molecule has 0 unspecified atom stereocenters. The molecule has 0 rings (SSSR count). The summed E-state index contributed by atoms with van der Waals surface area (Å²) in [6, 6.07) is 0. The van der Waals surface area contributed by atoms with Crippen LogP contribution in [0.5, 0.6) is 0 Å². The Morgan fingerprint density at radius 3 is 0.824 bits per heavy atom. The second-order valence-electron chi connectivity index (χ2n) is 10.6. The quantitative estimate of drug-likeness (QED) is 0.117. The average Bonchev–Trinajstić information content (AvgIpc) is 2.85. The number of hydrogen-bond donors (Lipinski definition) is 1. The smallest absolute Gasteiger partial charge is 0.0431 e. The minimum Gasteiger partial charge on any atom is -0.396 e. The number of unbranched alkanes of at least 4 members (excludes halogenated alkanes) is 20. The highest BCUT2D eigenvalue weighted by Crippen LogP contribution is 2.11. The lowest BCUT2D eigenvalue weighted by Crippen LogP contribution is -2.27. The van der Waals surface area contributed by atoms with Gasteiger partial charge in [0.2, 0.25) is 0 Å². The molecule has 0 aromatic carbocycles. The summed E-state index contributed by atoms with van der Waals surface area (Å²) in [6.45, 7) is 13.6. The first-order valence-corrected chi connectivity index (χ1v) is 16.1. The van der Waals surface area contributed by atoms with Crippen molar-refractivity contribution >= 4 is 0 Å². The number of nitrogens with zero attached hydrogens (tertiary/aromatic N) is 1. The van der Waals surface area contributed by atoms with Crippen LogP contribution >= 0.6 is 0 Å². The van der Waals surface area contributed by atoms with Gasteiger partial charge in [0.1, 0.15) is 0 Å². The molecular weight excluding hydrogens is 414 g/mol. The Kier molecular flexibility index (Phi) is 37.2. The molecule has 0 atom stereocenters. The molecule has 0 fully saturated rings. The predicted molar refractivity (Wildman–Crippen MR) is 157 cm³/mol. The number of aliphatic hydroxyl groups excluding tert-OH is 1. The Morgan fingerprint density at radius 2 is 0.559 bits per heavy atom. The fraction of sp³-hybridized carbons (Fsp3) is 1.00. The average molecular weight is 484 g/mol. The molecule has 34 heavy (non-hydrogen) atoms. The molecule has 0 bridgehead atoms. The van der Waals surface area contributed by atoms with Crippen molar-refractivity contribution in [3.63, 3.8) is 0 Å². The van der Waals surface area contributed by atoms with Crippen LogP contribution in [0.3, 0.4) is 0 Å². The predicted octanol–water partition coefficient (Wildman–Crippen LogP) is 10.7. The Labute approximate surface area is 218 Å². The van der Waals surface area contributed by atoms with E-state index in [-0.39, 0.29) is 0 Å². The second-order valence-corrected chi connectivity index (χ2v) is 10.6. The lowest BCUT2D eigenvalue weighted by Gasteiger charge is -2.22. The zero-order valence-corrected chi connectivity index (χ0v) is 24.7. The molecule has 1 N–H and O–H groups in total. The molecular formula is C32H69NO. The van der Waals surface area contributed by atoms with E-state index in [2.05, 4.69) is 32.6 Å². The summed E-state index contributed by atoms with van der Waals surface area (Å²) in [6.07, 6.45) is 33.2. The van der Waals surface area contributed by atoms with Gasteiger partial charge in [-0.1, -0.05) is 156 Å². The van der Waals surface area contributed by atoms with Crippen LogP contribution in [0.1, 0.15) is 182 Å². The van der Waals surface area contributed by atoms with E-state index in [1.165, 1.54) is 167 Å². The Hall–Kier alpha value is -0.0800. The van der Waals surface area contributed by atoms with E-state index in [4.69, 9.17) is 5.11 Å². The third-order valence-corrected chi connectivity index (χ3v) is 7.00. The maximum atomic E-state index is 8.42. The van der Waals surface area contributed by atoms with Gasteiger partial charge in [-0.2, -0.15) is 0 Å². The van der Waals surface area contributed by atoms with E-state index in [1.807, 2.05) is 0 Å². The largest absolute Gasteiger partial charge is 0.396 e. The molecule has 0 aliphatic carbocycles. The summed E-state index contributed by atoms with van der Waals surface area (Å²) in [4.78, 5) is 2.79. The topological polar surface area (TPSA) is 23.5 Å². The zero-order valence-electron chi connectivity index (χ0n) is 24.7. The third kappa shape index (κ3) is 34.1. The first-order valence-electron chi connectivity index (χ1n) is 16.1. The van der Waals surface area contributed by atoms with Gasteiger partial charge in [-0.25, -0.2) is 0 Å². The molecule has 2 nitrogen and oxygen atoms in total. The summed E-state index contributed by atoms with van der Waals surface area (Å²) in [5.41, 5.74) is 0. The molecule has 0 aromatic heterocycles. The van der Waals surface area contributed by atoms with E-state index in [0.29, 0.717) is 6.61 Å². The normalized spacial score (nSPS) is 11.1. The van der Waals surface area contributed by atoms with Gasteiger partial charge in [0.05, 0.1) is 0 Å². The molecule has 0 spiro atoms. The lowest BCUT2D eigenvalue weighted by molar-refractivity contribution is 0.254. The summed E-state index contributed by atoms with van der Waals surface area (Å²) in [5, 5.41) is 8.42. The minimum atomic E-state index is 0.367. The molecule has 0 amide bonds. The standard InChI is InChI=1S/C24H51N.C8H18O/c1-4-7-10-13-16-19-22-25(23-20-17-14-11-8-5-2)24-21-18-15-12-9-6-3;1-2-3-4-5-6-7-8-9/h4-24H2,1-3H3;9H,2-8H2,1H3.